The molecule has 1 aliphatic rings. The lowest BCUT2D eigenvalue weighted by Crippen LogP contribution is -2.22. The fourth-order valence-corrected chi connectivity index (χ4v) is 3.81. The number of hydrogen-bond donors (Lipinski definition) is 2. The summed E-state index contributed by atoms with van der Waals surface area (Å²) >= 11 is 0. The van der Waals surface area contributed by atoms with Crippen molar-refractivity contribution in [3.8, 4) is 5.75 Å². The van der Waals surface area contributed by atoms with Gasteiger partial charge in [0.2, 0.25) is 0 Å². The Kier molecular flexibility index (Phi) is 4.88. The van der Waals surface area contributed by atoms with Crippen LogP contribution in [0.15, 0.2) is 71.8 Å². The molecule has 0 atom stereocenters. The summed E-state index contributed by atoms with van der Waals surface area (Å²) in [5.74, 6) is 0.157. The maximum atomic E-state index is 12.6. The number of nitrogens with one attached hydrogen (secondary N) is 1. The maximum absolute atomic E-state index is 12.6. The topological polar surface area (TPSA) is 61.7 Å². The van der Waals surface area contributed by atoms with Crippen LogP contribution in [0.4, 0.5) is 0 Å². The fourth-order valence-electron chi connectivity index (χ4n) is 3.81. The Labute approximate surface area is 158 Å². The molecule has 4 rings (SSSR count). The van der Waals surface area contributed by atoms with Crippen molar-refractivity contribution in [1.29, 1.82) is 0 Å². The van der Waals surface area contributed by atoms with E-state index in [0.29, 0.717) is 5.92 Å². The first-order valence-corrected chi connectivity index (χ1v) is 9.34. The van der Waals surface area contributed by atoms with Crippen LogP contribution in [0.3, 0.4) is 0 Å². The molecule has 0 spiro atoms. The van der Waals surface area contributed by atoms with Gasteiger partial charge in [-0.15, -0.1) is 0 Å². The van der Waals surface area contributed by atoms with E-state index < -0.39 is 0 Å². The number of amides is 1. The molecule has 1 aliphatic carbocycles. The lowest BCUT2D eigenvalue weighted by Gasteiger charge is -2.23. The van der Waals surface area contributed by atoms with Gasteiger partial charge in [-0.3, -0.25) is 4.79 Å². The summed E-state index contributed by atoms with van der Waals surface area (Å²) in [5.41, 5.74) is 5.30. The number of carbonyl (C=O) groups excluding carboxylic acids is 1. The van der Waals surface area contributed by atoms with Gasteiger partial charge in [-0.1, -0.05) is 60.7 Å². The van der Waals surface area contributed by atoms with Crippen molar-refractivity contribution >= 4 is 22.4 Å². The number of hydrazone groups is 1. The van der Waals surface area contributed by atoms with Crippen LogP contribution in [0.5, 0.6) is 5.75 Å². The molecule has 2 N–H and O–H groups in total. The Morgan fingerprint density at radius 3 is 2.41 bits per heavy atom. The fraction of sp³-hybridized carbons (Fsp3) is 0.217. The quantitative estimate of drug-likeness (QED) is 0.648. The van der Waals surface area contributed by atoms with Gasteiger partial charge in [0.1, 0.15) is 5.75 Å². The van der Waals surface area contributed by atoms with Gasteiger partial charge in [0.15, 0.2) is 0 Å². The minimum atomic E-state index is -0.373. The van der Waals surface area contributed by atoms with E-state index in [9.17, 15) is 9.90 Å². The molecule has 0 bridgehead atoms. The van der Waals surface area contributed by atoms with Gasteiger partial charge in [-0.25, -0.2) is 5.43 Å². The summed E-state index contributed by atoms with van der Waals surface area (Å²) in [6, 6.07) is 21.4. The molecule has 0 heterocycles. The molecular formula is C23H22N2O2. The third-order valence-corrected chi connectivity index (χ3v) is 5.28. The Morgan fingerprint density at radius 1 is 0.926 bits per heavy atom. The van der Waals surface area contributed by atoms with Crippen molar-refractivity contribution in [1.82, 2.24) is 5.43 Å². The normalized spacial score (nSPS) is 16.9. The molecule has 4 nitrogen and oxygen atoms in total. The largest absolute Gasteiger partial charge is 0.507 e. The van der Waals surface area contributed by atoms with E-state index in [1.54, 1.807) is 12.1 Å². The maximum Gasteiger partial charge on any atom is 0.275 e. The molecule has 4 heteroatoms. The average molecular weight is 358 g/mol. The minimum Gasteiger partial charge on any atom is -0.507 e. The second-order valence-electron chi connectivity index (χ2n) is 6.98. The van der Waals surface area contributed by atoms with Gasteiger partial charge < -0.3 is 5.11 Å². The highest BCUT2D eigenvalue weighted by molar-refractivity contribution is 6.09. The van der Waals surface area contributed by atoms with E-state index in [-0.39, 0.29) is 17.2 Å². The number of rotatable bonds is 3. The lowest BCUT2D eigenvalue weighted by molar-refractivity contribution is 0.0953. The number of phenolic OH excluding ortho intramolecular Hbond substituents is 1. The van der Waals surface area contributed by atoms with Gasteiger partial charge >= 0.3 is 0 Å². The van der Waals surface area contributed by atoms with Gasteiger partial charge in [-0.2, -0.15) is 5.10 Å². The van der Waals surface area contributed by atoms with Crippen molar-refractivity contribution in [3.05, 3.63) is 77.9 Å². The van der Waals surface area contributed by atoms with Crippen molar-refractivity contribution in [2.75, 3.05) is 0 Å². The molecule has 27 heavy (non-hydrogen) atoms. The standard InChI is InChI=1S/C23H22N2O2/c26-21-15-12-18-8-4-5-9-20(18)22(21)23(27)25-24-19-13-10-17(11-14-19)16-6-2-1-3-7-16/h1-9,12,15,17,26H,10-11,13-14H2,(H,25,27). The van der Waals surface area contributed by atoms with E-state index >= 15 is 0 Å². The van der Waals surface area contributed by atoms with Crippen molar-refractivity contribution in [3.63, 3.8) is 0 Å². The molecule has 0 aromatic heterocycles. The van der Waals surface area contributed by atoms with Crippen LogP contribution in [0, 0.1) is 0 Å². The molecule has 136 valence electrons. The van der Waals surface area contributed by atoms with Crippen LogP contribution >= 0.6 is 0 Å². The van der Waals surface area contributed by atoms with Crippen LogP contribution in [0.1, 0.15) is 47.5 Å². The summed E-state index contributed by atoms with van der Waals surface area (Å²) < 4.78 is 0. The molecule has 3 aromatic carbocycles. The highest BCUT2D eigenvalue weighted by atomic mass is 16.3. The molecule has 1 amide bonds. The summed E-state index contributed by atoms with van der Waals surface area (Å²) in [6.07, 6.45) is 3.83. The van der Waals surface area contributed by atoms with Gasteiger partial charge in [0.25, 0.3) is 5.91 Å². The predicted molar refractivity (Wildman–Crippen MR) is 108 cm³/mol. The summed E-state index contributed by atoms with van der Waals surface area (Å²) in [7, 11) is 0. The van der Waals surface area contributed by atoms with Crippen molar-refractivity contribution in [2.24, 2.45) is 5.10 Å². The molecule has 0 unspecified atom stereocenters. The van der Waals surface area contributed by atoms with E-state index in [1.165, 1.54) is 5.56 Å². The molecule has 3 aromatic rings. The van der Waals surface area contributed by atoms with E-state index in [2.05, 4.69) is 34.8 Å². The van der Waals surface area contributed by atoms with Crippen molar-refractivity contribution in [2.45, 2.75) is 31.6 Å². The monoisotopic (exact) mass is 358 g/mol. The Morgan fingerprint density at radius 2 is 1.63 bits per heavy atom. The minimum absolute atomic E-state index is 0.0285. The highest BCUT2D eigenvalue weighted by Crippen LogP contribution is 2.31. The molecule has 1 saturated carbocycles. The number of carbonyl (C=O) groups is 1. The lowest BCUT2D eigenvalue weighted by atomic mass is 9.83. The zero-order valence-electron chi connectivity index (χ0n) is 15.1. The third-order valence-electron chi connectivity index (χ3n) is 5.28. The average Bonchev–Trinajstić information content (AvgIpc) is 2.73. The van der Waals surface area contributed by atoms with E-state index in [4.69, 9.17) is 0 Å². The Hall–Kier alpha value is -3.14. The van der Waals surface area contributed by atoms with E-state index in [0.717, 1.165) is 42.2 Å². The smallest absolute Gasteiger partial charge is 0.275 e. The Bertz CT molecular complexity index is 986. The first kappa shape index (κ1) is 17.3. The van der Waals surface area contributed by atoms with Crippen LogP contribution in [-0.4, -0.2) is 16.7 Å². The first-order valence-electron chi connectivity index (χ1n) is 9.34. The predicted octanol–water partition coefficient (Wildman–Crippen LogP) is 4.99. The number of aromatic hydroxyl groups is 1. The second kappa shape index (κ2) is 7.62. The number of nitrogens with zero attached hydrogens (tertiary/aromatic N) is 1. The molecular weight excluding hydrogens is 336 g/mol. The van der Waals surface area contributed by atoms with Crippen LogP contribution in [0.2, 0.25) is 0 Å². The number of hydrogen-bond acceptors (Lipinski definition) is 3. The summed E-state index contributed by atoms with van der Waals surface area (Å²) in [5, 5.41) is 16.1. The first-order chi connectivity index (χ1) is 13.2. The third kappa shape index (κ3) is 3.70. The second-order valence-corrected chi connectivity index (χ2v) is 6.98. The van der Waals surface area contributed by atoms with Crippen molar-refractivity contribution < 1.29 is 9.90 Å². The SMILES string of the molecule is O=C(NN=C1CCC(c2ccccc2)CC1)c1c(O)ccc2ccccc12. The van der Waals surface area contributed by atoms with Crippen LogP contribution in [0.25, 0.3) is 10.8 Å². The van der Waals surface area contributed by atoms with Gasteiger partial charge in [-0.05, 0) is 54.0 Å². The highest BCUT2D eigenvalue weighted by Gasteiger charge is 2.20. The van der Waals surface area contributed by atoms with Crippen LogP contribution in [-0.2, 0) is 0 Å². The molecule has 0 radical (unpaired) electrons. The van der Waals surface area contributed by atoms with Crippen LogP contribution < -0.4 is 5.43 Å². The molecule has 0 aliphatic heterocycles. The zero-order chi connectivity index (χ0) is 18.6. The summed E-state index contributed by atoms with van der Waals surface area (Å²) in [4.78, 5) is 12.6. The van der Waals surface area contributed by atoms with Gasteiger partial charge in [0, 0.05) is 5.71 Å². The number of phenols is 1. The molecule has 0 saturated heterocycles. The number of benzene rings is 3. The van der Waals surface area contributed by atoms with Gasteiger partial charge in [0.05, 0.1) is 5.56 Å². The summed E-state index contributed by atoms with van der Waals surface area (Å²) in [6.45, 7) is 0. The Balaban J connectivity index is 1.45. The van der Waals surface area contributed by atoms with E-state index in [1.807, 2.05) is 30.3 Å². The number of fused-ring (bicyclic) bond motifs is 1. The molecule has 1 fully saturated rings. The zero-order valence-corrected chi connectivity index (χ0v) is 15.1.